The first kappa shape index (κ1) is 10.5. The minimum atomic E-state index is -1.10. The van der Waals surface area contributed by atoms with Crippen LogP contribution in [-0.4, -0.2) is 17.2 Å². The first-order valence-corrected chi connectivity index (χ1v) is 4.20. The summed E-state index contributed by atoms with van der Waals surface area (Å²) in [5, 5.41) is 8.66. The lowest BCUT2D eigenvalue weighted by Crippen LogP contribution is -2.08. The normalized spacial score (nSPS) is 10.3. The molecule has 0 unspecified atom stereocenters. The van der Waals surface area contributed by atoms with Crippen molar-refractivity contribution >= 4 is 5.97 Å². The number of benzene rings is 1. The highest BCUT2D eigenvalue weighted by Gasteiger charge is 2.10. The van der Waals surface area contributed by atoms with Crippen molar-refractivity contribution in [3.8, 4) is 5.75 Å². The first-order chi connectivity index (χ1) is 6.50. The number of halogens is 1. The largest absolute Gasteiger partial charge is 0.488 e. The predicted octanol–water partition coefficient (Wildman–Crippen LogP) is 2.31. The van der Waals surface area contributed by atoms with E-state index in [1.54, 1.807) is 13.8 Å². The Hall–Kier alpha value is -1.58. The summed E-state index contributed by atoms with van der Waals surface area (Å²) in [4.78, 5) is 10.6. The van der Waals surface area contributed by atoms with Crippen molar-refractivity contribution in [1.29, 1.82) is 0 Å². The van der Waals surface area contributed by atoms with Crippen LogP contribution in [-0.2, 0) is 0 Å². The van der Waals surface area contributed by atoms with E-state index in [0.29, 0.717) is 0 Å². The van der Waals surface area contributed by atoms with Gasteiger partial charge in [0, 0.05) is 0 Å². The second-order valence-electron chi connectivity index (χ2n) is 3.12. The van der Waals surface area contributed by atoms with E-state index in [4.69, 9.17) is 9.84 Å². The maximum atomic E-state index is 13.1. The summed E-state index contributed by atoms with van der Waals surface area (Å²) >= 11 is 0. The average Bonchev–Trinajstić information content (AvgIpc) is 2.07. The van der Waals surface area contributed by atoms with Gasteiger partial charge in [-0.2, -0.15) is 0 Å². The van der Waals surface area contributed by atoms with Crippen LogP contribution in [0.15, 0.2) is 18.2 Å². The molecule has 0 bridgehead atoms. The molecule has 4 heteroatoms. The lowest BCUT2D eigenvalue weighted by atomic mass is 10.2. The standard InChI is InChI=1S/C10H11FO3/c1-6(2)14-9-5-7(10(12)13)3-4-8(9)11/h3-6H,1-2H3,(H,12,13). The van der Waals surface area contributed by atoms with E-state index in [1.165, 1.54) is 12.1 Å². The van der Waals surface area contributed by atoms with Gasteiger partial charge in [-0.25, -0.2) is 9.18 Å². The third kappa shape index (κ3) is 2.45. The Balaban J connectivity index is 3.02. The van der Waals surface area contributed by atoms with Crippen LogP contribution in [0.2, 0.25) is 0 Å². The number of rotatable bonds is 3. The molecule has 3 nitrogen and oxygen atoms in total. The van der Waals surface area contributed by atoms with Gasteiger partial charge in [0.2, 0.25) is 0 Å². The third-order valence-corrected chi connectivity index (χ3v) is 1.54. The van der Waals surface area contributed by atoms with Gasteiger partial charge in [-0.3, -0.25) is 0 Å². The summed E-state index contributed by atoms with van der Waals surface area (Å²) < 4.78 is 18.2. The topological polar surface area (TPSA) is 46.5 Å². The van der Waals surface area contributed by atoms with Crippen LogP contribution in [0.1, 0.15) is 24.2 Å². The summed E-state index contributed by atoms with van der Waals surface area (Å²) in [7, 11) is 0. The molecular formula is C10H11FO3. The summed E-state index contributed by atoms with van der Waals surface area (Å²) in [6, 6.07) is 3.46. The summed E-state index contributed by atoms with van der Waals surface area (Å²) in [5.74, 6) is -1.68. The van der Waals surface area contributed by atoms with Crippen molar-refractivity contribution in [1.82, 2.24) is 0 Å². The number of carbonyl (C=O) groups is 1. The molecule has 0 saturated heterocycles. The zero-order valence-electron chi connectivity index (χ0n) is 7.95. The highest BCUT2D eigenvalue weighted by Crippen LogP contribution is 2.19. The molecule has 14 heavy (non-hydrogen) atoms. The van der Waals surface area contributed by atoms with Crippen LogP contribution in [0.25, 0.3) is 0 Å². The number of carboxylic acid groups (broad SMARTS) is 1. The lowest BCUT2D eigenvalue weighted by Gasteiger charge is -2.10. The van der Waals surface area contributed by atoms with Gasteiger partial charge >= 0.3 is 5.97 Å². The quantitative estimate of drug-likeness (QED) is 0.810. The van der Waals surface area contributed by atoms with Crippen LogP contribution in [0.5, 0.6) is 5.75 Å². The van der Waals surface area contributed by atoms with E-state index in [-0.39, 0.29) is 17.4 Å². The Morgan fingerprint density at radius 3 is 2.64 bits per heavy atom. The molecule has 0 fully saturated rings. The molecule has 0 amide bonds. The minimum Gasteiger partial charge on any atom is -0.488 e. The molecule has 0 aromatic heterocycles. The molecule has 0 heterocycles. The summed E-state index contributed by atoms with van der Waals surface area (Å²) in [5.41, 5.74) is 0.0158. The van der Waals surface area contributed by atoms with E-state index in [0.717, 1.165) is 6.07 Å². The average molecular weight is 198 g/mol. The predicted molar refractivity (Wildman–Crippen MR) is 49.1 cm³/mol. The number of hydrogen-bond donors (Lipinski definition) is 1. The molecule has 1 aromatic carbocycles. The van der Waals surface area contributed by atoms with E-state index in [2.05, 4.69) is 0 Å². The van der Waals surface area contributed by atoms with Gasteiger partial charge in [-0.05, 0) is 32.0 Å². The van der Waals surface area contributed by atoms with Gasteiger partial charge in [0.05, 0.1) is 11.7 Å². The molecule has 0 atom stereocenters. The molecule has 76 valence electrons. The minimum absolute atomic E-state index is 0.0158. The van der Waals surface area contributed by atoms with E-state index in [9.17, 15) is 9.18 Å². The number of hydrogen-bond acceptors (Lipinski definition) is 2. The zero-order valence-corrected chi connectivity index (χ0v) is 7.95. The monoisotopic (exact) mass is 198 g/mol. The Labute approximate surface area is 81.1 Å². The molecule has 0 aliphatic heterocycles. The Morgan fingerprint density at radius 2 is 2.14 bits per heavy atom. The fraction of sp³-hybridized carbons (Fsp3) is 0.300. The second-order valence-corrected chi connectivity index (χ2v) is 3.12. The first-order valence-electron chi connectivity index (χ1n) is 4.20. The Morgan fingerprint density at radius 1 is 1.50 bits per heavy atom. The second kappa shape index (κ2) is 4.09. The van der Waals surface area contributed by atoms with Gasteiger partial charge in [-0.15, -0.1) is 0 Å². The van der Waals surface area contributed by atoms with Crippen LogP contribution in [0.3, 0.4) is 0 Å². The molecule has 1 rings (SSSR count). The van der Waals surface area contributed by atoms with Gasteiger partial charge in [0.25, 0.3) is 0 Å². The molecular weight excluding hydrogens is 187 g/mol. The maximum Gasteiger partial charge on any atom is 0.335 e. The van der Waals surface area contributed by atoms with Gasteiger partial charge in [-0.1, -0.05) is 0 Å². The molecule has 0 radical (unpaired) electrons. The number of aromatic carboxylic acids is 1. The highest BCUT2D eigenvalue weighted by atomic mass is 19.1. The van der Waals surface area contributed by atoms with Crippen molar-refractivity contribution in [3.63, 3.8) is 0 Å². The van der Waals surface area contributed by atoms with Crippen molar-refractivity contribution in [2.24, 2.45) is 0 Å². The smallest absolute Gasteiger partial charge is 0.335 e. The highest BCUT2D eigenvalue weighted by molar-refractivity contribution is 5.88. The van der Waals surface area contributed by atoms with Crippen molar-refractivity contribution in [3.05, 3.63) is 29.6 Å². The summed E-state index contributed by atoms with van der Waals surface area (Å²) in [6.45, 7) is 3.49. The van der Waals surface area contributed by atoms with Crippen molar-refractivity contribution in [2.45, 2.75) is 20.0 Å². The summed E-state index contributed by atoms with van der Waals surface area (Å²) in [6.07, 6.45) is -0.187. The zero-order chi connectivity index (χ0) is 10.7. The Kier molecular flexibility index (Phi) is 3.06. The molecule has 0 saturated carbocycles. The maximum absolute atomic E-state index is 13.1. The third-order valence-electron chi connectivity index (χ3n) is 1.54. The SMILES string of the molecule is CC(C)Oc1cc(C(=O)O)ccc1F. The number of ether oxygens (including phenoxy) is 1. The fourth-order valence-corrected chi connectivity index (χ4v) is 0.981. The van der Waals surface area contributed by atoms with E-state index in [1.807, 2.05) is 0 Å². The van der Waals surface area contributed by atoms with Crippen LogP contribution in [0, 0.1) is 5.82 Å². The van der Waals surface area contributed by atoms with Crippen molar-refractivity contribution in [2.75, 3.05) is 0 Å². The van der Waals surface area contributed by atoms with Gasteiger partial charge in [0.15, 0.2) is 11.6 Å². The fourth-order valence-electron chi connectivity index (χ4n) is 0.981. The van der Waals surface area contributed by atoms with Gasteiger partial charge < -0.3 is 9.84 Å². The van der Waals surface area contributed by atoms with Crippen molar-refractivity contribution < 1.29 is 19.0 Å². The number of carboxylic acids is 1. The van der Waals surface area contributed by atoms with E-state index >= 15 is 0 Å². The molecule has 1 aromatic rings. The Bertz CT molecular complexity index is 347. The lowest BCUT2D eigenvalue weighted by molar-refractivity contribution is 0.0696. The van der Waals surface area contributed by atoms with Crippen LogP contribution in [0.4, 0.5) is 4.39 Å². The molecule has 0 aliphatic rings. The molecule has 0 spiro atoms. The van der Waals surface area contributed by atoms with Crippen LogP contribution < -0.4 is 4.74 Å². The van der Waals surface area contributed by atoms with Gasteiger partial charge in [0.1, 0.15) is 0 Å². The van der Waals surface area contributed by atoms with E-state index < -0.39 is 11.8 Å². The molecule has 0 aliphatic carbocycles. The molecule has 1 N–H and O–H groups in total. The van der Waals surface area contributed by atoms with Crippen LogP contribution >= 0.6 is 0 Å².